The maximum Gasteiger partial charge on any atom is 0.338 e. The van der Waals surface area contributed by atoms with Crippen LogP contribution < -0.4 is 4.74 Å². The largest absolute Gasteiger partial charge is 0.497 e. The minimum atomic E-state index is -0.606. The summed E-state index contributed by atoms with van der Waals surface area (Å²) in [6, 6.07) is 7.57. The van der Waals surface area contributed by atoms with Gasteiger partial charge in [0.1, 0.15) is 5.75 Å². The van der Waals surface area contributed by atoms with E-state index in [0.717, 1.165) is 11.3 Å². The van der Waals surface area contributed by atoms with Crippen LogP contribution in [-0.4, -0.2) is 43.3 Å². The highest BCUT2D eigenvalue weighted by Crippen LogP contribution is 2.17. The van der Waals surface area contributed by atoms with E-state index in [0.29, 0.717) is 19.6 Å². The van der Waals surface area contributed by atoms with E-state index in [4.69, 9.17) is 14.2 Å². The molecule has 0 heterocycles. The molecule has 0 aromatic heterocycles. The van der Waals surface area contributed by atoms with Crippen LogP contribution in [0.5, 0.6) is 5.75 Å². The van der Waals surface area contributed by atoms with Gasteiger partial charge in [0.15, 0.2) is 5.78 Å². The van der Waals surface area contributed by atoms with E-state index in [1.807, 2.05) is 24.3 Å². The number of esters is 1. The predicted molar refractivity (Wildman–Crippen MR) is 107 cm³/mol. The number of carbonyl (C=O) groups is 2. The smallest absolute Gasteiger partial charge is 0.338 e. The molecule has 154 valence electrons. The second-order valence-electron chi connectivity index (χ2n) is 6.29. The maximum atomic E-state index is 12.3. The van der Waals surface area contributed by atoms with Crippen molar-refractivity contribution in [3.8, 4) is 5.75 Å². The number of ether oxygens (including phenoxy) is 3. The van der Waals surface area contributed by atoms with Gasteiger partial charge in [0.2, 0.25) is 0 Å². The van der Waals surface area contributed by atoms with Crippen molar-refractivity contribution in [1.82, 2.24) is 0 Å². The van der Waals surface area contributed by atoms with E-state index < -0.39 is 12.1 Å². The van der Waals surface area contributed by atoms with E-state index in [1.54, 1.807) is 33.1 Å². The third kappa shape index (κ3) is 8.50. The molecule has 0 saturated carbocycles. The lowest BCUT2D eigenvalue weighted by molar-refractivity contribution is -0.138. The number of hydrogen-bond acceptors (Lipinski definition) is 6. The fraction of sp³-hybridized carbons (Fsp3) is 0.455. The number of aliphatic hydroxyl groups excluding tert-OH is 1. The monoisotopic (exact) mass is 390 g/mol. The fourth-order valence-electron chi connectivity index (χ4n) is 2.44. The van der Waals surface area contributed by atoms with Crippen molar-refractivity contribution < 1.29 is 28.9 Å². The van der Waals surface area contributed by atoms with Crippen LogP contribution in [0.4, 0.5) is 0 Å². The molecule has 0 amide bonds. The number of rotatable bonds is 12. The molecule has 6 nitrogen and oxygen atoms in total. The van der Waals surface area contributed by atoms with Gasteiger partial charge < -0.3 is 19.3 Å². The first kappa shape index (κ1) is 23.6. The number of carbonyl (C=O) groups excluding carboxylic acids is 2. The summed E-state index contributed by atoms with van der Waals surface area (Å²) in [4.78, 5) is 24.3. The van der Waals surface area contributed by atoms with Crippen molar-refractivity contribution in [3.63, 3.8) is 0 Å². The Balaban J connectivity index is 2.74. The molecule has 1 unspecified atom stereocenters. The van der Waals surface area contributed by atoms with Crippen LogP contribution in [-0.2, 0) is 25.7 Å². The summed E-state index contributed by atoms with van der Waals surface area (Å²) in [5.74, 6) is -0.0182. The molecule has 28 heavy (non-hydrogen) atoms. The second kappa shape index (κ2) is 12.9. The Morgan fingerprint density at radius 3 is 2.36 bits per heavy atom. The lowest BCUT2D eigenvalue weighted by Gasteiger charge is -2.11. The third-order valence-corrected chi connectivity index (χ3v) is 3.87. The molecule has 0 spiro atoms. The van der Waals surface area contributed by atoms with Gasteiger partial charge in [-0.3, -0.25) is 4.79 Å². The Bertz CT molecular complexity index is 685. The molecule has 0 radical (unpaired) electrons. The van der Waals surface area contributed by atoms with Gasteiger partial charge in [0.05, 0.1) is 38.6 Å². The normalized spacial score (nSPS) is 13.2. The average Bonchev–Trinajstić information content (AvgIpc) is 2.66. The van der Waals surface area contributed by atoms with Crippen molar-refractivity contribution in [3.05, 3.63) is 53.1 Å². The molecule has 0 aliphatic rings. The zero-order chi connectivity index (χ0) is 20.9. The minimum absolute atomic E-state index is 0.211. The van der Waals surface area contributed by atoms with E-state index in [2.05, 4.69) is 0 Å². The summed E-state index contributed by atoms with van der Waals surface area (Å²) >= 11 is 0. The van der Waals surface area contributed by atoms with Crippen molar-refractivity contribution in [2.75, 3.05) is 20.3 Å². The Labute approximate surface area is 166 Å². The Kier molecular flexibility index (Phi) is 10.8. The van der Waals surface area contributed by atoms with Gasteiger partial charge in [0, 0.05) is 5.57 Å². The van der Waals surface area contributed by atoms with E-state index in [1.165, 1.54) is 6.92 Å². The van der Waals surface area contributed by atoms with Gasteiger partial charge in [-0.2, -0.15) is 0 Å². The van der Waals surface area contributed by atoms with Gasteiger partial charge in [-0.15, -0.1) is 0 Å². The molecule has 0 saturated heterocycles. The molecule has 1 aromatic rings. The Hall–Kier alpha value is -2.44. The zero-order valence-electron chi connectivity index (χ0n) is 17.1. The standard InChI is InChI=1S/C22H30O6/c1-5-28-22(25)21(20(17(3)24)13-8-16(2)23)7-6-14-27-15-18-9-11-19(26-4)12-10-18/h7,9-13,16,23H,5-6,8,14-15H2,1-4H3/b20-13+,21-7-. The van der Waals surface area contributed by atoms with Gasteiger partial charge in [-0.25, -0.2) is 4.79 Å². The average molecular weight is 390 g/mol. The molecule has 1 rings (SSSR count). The first-order valence-corrected chi connectivity index (χ1v) is 9.36. The number of methoxy groups -OCH3 is 1. The van der Waals surface area contributed by atoms with Crippen LogP contribution in [0.15, 0.2) is 47.6 Å². The quantitative estimate of drug-likeness (QED) is 0.255. The topological polar surface area (TPSA) is 82.1 Å². The third-order valence-electron chi connectivity index (χ3n) is 3.87. The number of ketones is 1. The van der Waals surface area contributed by atoms with Crippen molar-refractivity contribution >= 4 is 11.8 Å². The van der Waals surface area contributed by atoms with Crippen LogP contribution in [0.1, 0.15) is 39.2 Å². The van der Waals surface area contributed by atoms with Gasteiger partial charge >= 0.3 is 5.97 Å². The van der Waals surface area contributed by atoms with Crippen LogP contribution >= 0.6 is 0 Å². The minimum Gasteiger partial charge on any atom is -0.497 e. The summed E-state index contributed by atoms with van der Waals surface area (Å²) in [5.41, 5.74) is 1.48. The van der Waals surface area contributed by atoms with Crippen LogP contribution in [0.25, 0.3) is 0 Å². The van der Waals surface area contributed by atoms with E-state index >= 15 is 0 Å². The van der Waals surface area contributed by atoms with Crippen LogP contribution in [0.3, 0.4) is 0 Å². The zero-order valence-corrected chi connectivity index (χ0v) is 17.1. The predicted octanol–water partition coefficient (Wildman–Crippen LogP) is 3.38. The molecule has 6 heteroatoms. The van der Waals surface area contributed by atoms with E-state index in [9.17, 15) is 14.7 Å². The Morgan fingerprint density at radius 2 is 1.82 bits per heavy atom. The van der Waals surface area contributed by atoms with Gasteiger partial charge in [-0.05, 0) is 51.3 Å². The van der Waals surface area contributed by atoms with Gasteiger partial charge in [-0.1, -0.05) is 24.3 Å². The van der Waals surface area contributed by atoms with Crippen molar-refractivity contribution in [1.29, 1.82) is 0 Å². The lowest BCUT2D eigenvalue weighted by atomic mass is 9.99. The summed E-state index contributed by atoms with van der Waals surface area (Å²) in [5, 5.41) is 9.47. The SMILES string of the molecule is CCOC(=O)C(=C\CCOCc1ccc(OC)cc1)/C(=C/CC(C)O)C(C)=O. The highest BCUT2D eigenvalue weighted by molar-refractivity contribution is 6.09. The summed E-state index contributed by atoms with van der Waals surface area (Å²) in [6.07, 6.45) is 3.35. The fourth-order valence-corrected chi connectivity index (χ4v) is 2.44. The number of aliphatic hydroxyl groups is 1. The summed E-state index contributed by atoms with van der Waals surface area (Å²) in [7, 11) is 1.62. The number of Topliss-reactive ketones (excluding diaryl/α,β-unsaturated/α-hetero) is 1. The molecule has 0 aliphatic carbocycles. The molecular weight excluding hydrogens is 360 g/mol. The molecule has 0 fully saturated rings. The van der Waals surface area contributed by atoms with Crippen LogP contribution in [0.2, 0.25) is 0 Å². The molecule has 0 bridgehead atoms. The molecule has 1 aromatic carbocycles. The molecule has 1 N–H and O–H groups in total. The lowest BCUT2D eigenvalue weighted by Crippen LogP contribution is -2.14. The molecule has 1 atom stereocenters. The van der Waals surface area contributed by atoms with Crippen molar-refractivity contribution in [2.24, 2.45) is 0 Å². The maximum absolute atomic E-state index is 12.3. The number of hydrogen-bond donors (Lipinski definition) is 1. The summed E-state index contributed by atoms with van der Waals surface area (Å²) in [6.45, 7) is 5.75. The van der Waals surface area contributed by atoms with Gasteiger partial charge in [0.25, 0.3) is 0 Å². The summed E-state index contributed by atoms with van der Waals surface area (Å²) < 4.78 is 15.8. The first-order chi connectivity index (χ1) is 13.4. The highest BCUT2D eigenvalue weighted by atomic mass is 16.5. The highest BCUT2D eigenvalue weighted by Gasteiger charge is 2.19. The first-order valence-electron chi connectivity index (χ1n) is 9.36. The molecular formula is C22H30O6. The van der Waals surface area contributed by atoms with E-state index in [-0.39, 0.29) is 30.0 Å². The number of benzene rings is 1. The molecule has 0 aliphatic heterocycles. The Morgan fingerprint density at radius 1 is 1.14 bits per heavy atom. The van der Waals surface area contributed by atoms with Crippen LogP contribution in [0, 0.1) is 0 Å². The second-order valence-corrected chi connectivity index (χ2v) is 6.29. The van der Waals surface area contributed by atoms with Crippen molar-refractivity contribution in [2.45, 2.75) is 46.3 Å².